The Hall–Kier alpha value is -4.13. The average molecular weight is 401 g/mol. The first-order chi connectivity index (χ1) is 14.5. The van der Waals surface area contributed by atoms with Crippen molar-refractivity contribution in [2.75, 3.05) is 5.32 Å². The van der Waals surface area contributed by atoms with Crippen molar-refractivity contribution >= 4 is 17.4 Å². The van der Waals surface area contributed by atoms with Crippen LogP contribution in [0.4, 0.5) is 10.1 Å². The zero-order valence-electron chi connectivity index (χ0n) is 15.9. The summed E-state index contributed by atoms with van der Waals surface area (Å²) in [7, 11) is 0. The summed E-state index contributed by atoms with van der Waals surface area (Å²) in [5.74, 6) is -0.385. The molecule has 0 radical (unpaired) electrons. The maximum absolute atomic E-state index is 13.1. The number of hydrogen-bond acceptors (Lipinski definition) is 5. The number of carbonyl (C=O) groups excluding carboxylic acids is 2. The minimum absolute atomic E-state index is 0.0920. The zero-order chi connectivity index (χ0) is 21.1. The molecule has 0 bridgehead atoms. The van der Waals surface area contributed by atoms with Gasteiger partial charge in [0.15, 0.2) is 5.78 Å². The van der Waals surface area contributed by atoms with Gasteiger partial charge < -0.3 is 9.84 Å². The first-order valence-corrected chi connectivity index (χ1v) is 9.12. The molecule has 0 fully saturated rings. The van der Waals surface area contributed by atoms with Gasteiger partial charge in [0.1, 0.15) is 5.82 Å². The van der Waals surface area contributed by atoms with E-state index >= 15 is 0 Å². The number of hydrogen-bond donors (Lipinski definition) is 1. The number of carbonyl (C=O) groups is 2. The molecule has 1 aromatic heterocycles. The summed E-state index contributed by atoms with van der Waals surface area (Å²) in [6, 6.07) is 19.2. The molecule has 0 atom stereocenters. The third-order valence-electron chi connectivity index (χ3n) is 4.46. The summed E-state index contributed by atoms with van der Waals surface area (Å²) in [5, 5.41) is 6.72. The van der Waals surface area contributed by atoms with Crippen LogP contribution in [0.15, 0.2) is 77.3 Å². The smallest absolute Gasteiger partial charge is 0.259 e. The molecular formula is C23H16FN3O3. The van der Waals surface area contributed by atoms with Crippen molar-refractivity contribution in [1.82, 2.24) is 10.1 Å². The van der Waals surface area contributed by atoms with Gasteiger partial charge in [-0.15, -0.1) is 0 Å². The monoisotopic (exact) mass is 401 g/mol. The van der Waals surface area contributed by atoms with Gasteiger partial charge >= 0.3 is 0 Å². The topological polar surface area (TPSA) is 85.1 Å². The summed E-state index contributed by atoms with van der Waals surface area (Å²) >= 11 is 0. The molecule has 30 heavy (non-hydrogen) atoms. The number of amides is 1. The van der Waals surface area contributed by atoms with Gasteiger partial charge in [-0.2, -0.15) is 4.98 Å². The van der Waals surface area contributed by atoms with Crippen molar-refractivity contribution in [2.24, 2.45) is 0 Å². The highest BCUT2D eigenvalue weighted by Crippen LogP contribution is 2.26. The maximum atomic E-state index is 13.1. The van der Waals surface area contributed by atoms with Crippen molar-refractivity contribution in [2.45, 2.75) is 6.92 Å². The predicted octanol–water partition coefficient (Wildman–Crippen LogP) is 5.00. The highest BCUT2D eigenvalue weighted by atomic mass is 19.1. The van der Waals surface area contributed by atoms with E-state index in [1.165, 1.54) is 19.1 Å². The molecule has 0 saturated carbocycles. The van der Waals surface area contributed by atoms with Crippen LogP contribution in [-0.4, -0.2) is 21.8 Å². The molecule has 3 aromatic carbocycles. The van der Waals surface area contributed by atoms with E-state index in [1.807, 2.05) is 0 Å². The quantitative estimate of drug-likeness (QED) is 0.476. The third-order valence-corrected chi connectivity index (χ3v) is 4.46. The van der Waals surface area contributed by atoms with E-state index in [0.717, 1.165) is 0 Å². The molecule has 1 N–H and O–H groups in total. The lowest BCUT2D eigenvalue weighted by molar-refractivity contribution is 0.101. The van der Waals surface area contributed by atoms with Crippen LogP contribution in [0.25, 0.3) is 22.8 Å². The molecule has 0 aliphatic heterocycles. The van der Waals surface area contributed by atoms with E-state index < -0.39 is 0 Å². The fourth-order valence-electron chi connectivity index (χ4n) is 2.93. The number of nitrogens with one attached hydrogen (secondary N) is 1. The summed E-state index contributed by atoms with van der Waals surface area (Å²) in [4.78, 5) is 28.8. The van der Waals surface area contributed by atoms with Gasteiger partial charge in [-0.3, -0.25) is 9.59 Å². The number of halogens is 1. The number of benzene rings is 3. The van der Waals surface area contributed by atoms with Crippen molar-refractivity contribution in [3.63, 3.8) is 0 Å². The predicted molar refractivity (Wildman–Crippen MR) is 110 cm³/mol. The Labute approximate surface area is 171 Å². The van der Waals surface area contributed by atoms with Gasteiger partial charge in [0.25, 0.3) is 11.8 Å². The van der Waals surface area contributed by atoms with Crippen LogP contribution < -0.4 is 5.32 Å². The van der Waals surface area contributed by atoms with Crippen LogP contribution in [0.1, 0.15) is 27.6 Å². The van der Waals surface area contributed by atoms with Gasteiger partial charge in [0.2, 0.25) is 5.82 Å². The molecule has 7 heteroatoms. The molecule has 0 spiro atoms. The standard InChI is InChI=1S/C23H16FN3O3/c1-14(28)16-5-4-6-18(13-16)25-22(29)19-7-2-3-8-20(19)23-26-21(27-30-23)15-9-11-17(24)12-10-15/h2-13H,1H3,(H,25,29). The van der Waals surface area contributed by atoms with Crippen LogP contribution in [-0.2, 0) is 0 Å². The molecule has 0 aliphatic carbocycles. The first-order valence-electron chi connectivity index (χ1n) is 9.12. The van der Waals surface area contributed by atoms with Crippen molar-refractivity contribution in [1.29, 1.82) is 0 Å². The van der Waals surface area contributed by atoms with E-state index in [2.05, 4.69) is 15.5 Å². The second-order valence-electron chi connectivity index (χ2n) is 6.57. The number of ketones is 1. The van der Waals surface area contributed by atoms with Crippen LogP contribution in [0.2, 0.25) is 0 Å². The molecule has 6 nitrogen and oxygen atoms in total. The van der Waals surface area contributed by atoms with Crippen LogP contribution >= 0.6 is 0 Å². The van der Waals surface area contributed by atoms with E-state index in [9.17, 15) is 14.0 Å². The second-order valence-corrected chi connectivity index (χ2v) is 6.57. The number of aromatic nitrogens is 2. The first kappa shape index (κ1) is 19.2. The van der Waals surface area contributed by atoms with Crippen molar-refractivity contribution in [3.05, 3.63) is 89.7 Å². The Morgan fingerprint density at radius 1 is 0.967 bits per heavy atom. The number of rotatable bonds is 5. The van der Waals surface area contributed by atoms with Crippen LogP contribution in [0.5, 0.6) is 0 Å². The Morgan fingerprint density at radius 2 is 1.73 bits per heavy atom. The summed E-state index contributed by atoms with van der Waals surface area (Å²) < 4.78 is 18.5. The van der Waals surface area contributed by atoms with E-state index in [4.69, 9.17) is 4.52 Å². The second kappa shape index (κ2) is 8.08. The highest BCUT2D eigenvalue weighted by Gasteiger charge is 2.18. The molecular weight excluding hydrogens is 385 g/mol. The Bertz CT molecular complexity index is 1230. The average Bonchev–Trinajstić information content (AvgIpc) is 3.24. The van der Waals surface area contributed by atoms with Gasteiger partial charge in [-0.1, -0.05) is 29.4 Å². The lowest BCUT2D eigenvalue weighted by Crippen LogP contribution is -2.13. The van der Waals surface area contributed by atoms with Crippen LogP contribution in [0, 0.1) is 5.82 Å². The van der Waals surface area contributed by atoms with Gasteiger partial charge in [0, 0.05) is 16.8 Å². The minimum Gasteiger partial charge on any atom is -0.334 e. The fraction of sp³-hybridized carbons (Fsp3) is 0.0435. The lowest BCUT2D eigenvalue weighted by Gasteiger charge is -2.08. The maximum Gasteiger partial charge on any atom is 0.259 e. The zero-order valence-corrected chi connectivity index (χ0v) is 15.9. The van der Waals surface area contributed by atoms with E-state index in [-0.39, 0.29) is 29.2 Å². The molecule has 148 valence electrons. The Balaban J connectivity index is 1.63. The molecule has 1 heterocycles. The summed E-state index contributed by atoms with van der Waals surface area (Å²) in [6.45, 7) is 1.46. The third kappa shape index (κ3) is 4.00. The van der Waals surface area contributed by atoms with Crippen molar-refractivity contribution in [3.8, 4) is 22.8 Å². The fourth-order valence-corrected chi connectivity index (χ4v) is 2.93. The molecule has 0 aliphatic rings. The largest absolute Gasteiger partial charge is 0.334 e. The molecule has 0 unspecified atom stereocenters. The molecule has 1 amide bonds. The Morgan fingerprint density at radius 3 is 2.50 bits per heavy atom. The van der Waals surface area contributed by atoms with Crippen molar-refractivity contribution < 1.29 is 18.5 Å². The molecule has 4 aromatic rings. The molecule has 4 rings (SSSR count). The number of anilines is 1. The highest BCUT2D eigenvalue weighted by molar-refractivity contribution is 6.08. The SMILES string of the molecule is CC(=O)c1cccc(NC(=O)c2ccccc2-c2nc(-c3ccc(F)cc3)no2)c1. The Kier molecular flexibility index (Phi) is 5.17. The number of nitrogens with zero attached hydrogens (tertiary/aromatic N) is 2. The summed E-state index contributed by atoms with van der Waals surface area (Å²) in [5.41, 5.74) is 2.38. The lowest BCUT2D eigenvalue weighted by atomic mass is 10.1. The minimum atomic E-state index is -0.382. The molecule has 0 saturated heterocycles. The van der Waals surface area contributed by atoms with Gasteiger partial charge in [0.05, 0.1) is 11.1 Å². The van der Waals surface area contributed by atoms with Crippen LogP contribution in [0.3, 0.4) is 0 Å². The van der Waals surface area contributed by atoms with Gasteiger partial charge in [-0.25, -0.2) is 4.39 Å². The van der Waals surface area contributed by atoms with E-state index in [0.29, 0.717) is 27.9 Å². The normalized spacial score (nSPS) is 10.6. The number of Topliss-reactive ketones (excluding diaryl/α,β-unsaturated/α-hetero) is 1. The van der Waals surface area contributed by atoms with E-state index in [1.54, 1.807) is 60.7 Å². The van der Waals surface area contributed by atoms with Gasteiger partial charge in [-0.05, 0) is 55.5 Å². The summed E-state index contributed by atoms with van der Waals surface area (Å²) in [6.07, 6.45) is 0.